The van der Waals surface area contributed by atoms with Crippen molar-refractivity contribution in [1.82, 2.24) is 9.21 Å². The largest absolute Gasteiger partial charge is 0.423 e. The highest BCUT2D eigenvalue weighted by Crippen LogP contribution is 2.22. The molecule has 0 atom stereocenters. The maximum Gasteiger partial charge on any atom is 0.336 e. The molecule has 0 aliphatic carbocycles. The number of hydrogen-bond donors (Lipinski definition) is 1. The summed E-state index contributed by atoms with van der Waals surface area (Å²) in [5.74, 6) is -0.483. The predicted molar refractivity (Wildman–Crippen MR) is 120 cm³/mol. The number of hydrogen-bond acceptors (Lipinski definition) is 5. The summed E-state index contributed by atoms with van der Waals surface area (Å²) in [6, 6.07) is 11.7. The lowest BCUT2D eigenvalue weighted by molar-refractivity contribution is 0.268. The molecule has 10 heteroatoms. The first-order chi connectivity index (χ1) is 14.7. The van der Waals surface area contributed by atoms with Gasteiger partial charge in [0, 0.05) is 49.4 Å². The highest BCUT2D eigenvalue weighted by atomic mass is 32.2. The van der Waals surface area contributed by atoms with Crippen LogP contribution in [0.4, 0.5) is 10.1 Å². The Balaban J connectivity index is 1.42. The third kappa shape index (κ3) is 4.46. The minimum atomic E-state index is -3.68. The SMILES string of the molecule is Cc1cc(=O)oc2cc(NC(=S)N3CCN(S(=O)(=O)c4ccc(F)cc4)CC3)ccc12. The van der Waals surface area contributed by atoms with Gasteiger partial charge in [0.25, 0.3) is 0 Å². The van der Waals surface area contributed by atoms with E-state index in [0.29, 0.717) is 29.5 Å². The van der Waals surface area contributed by atoms with Gasteiger partial charge in [-0.3, -0.25) is 0 Å². The fourth-order valence-electron chi connectivity index (χ4n) is 3.49. The normalized spacial score (nSPS) is 15.2. The molecule has 0 spiro atoms. The molecule has 1 saturated heterocycles. The minimum absolute atomic E-state index is 0.0657. The van der Waals surface area contributed by atoms with Crippen LogP contribution in [0, 0.1) is 12.7 Å². The quantitative estimate of drug-likeness (QED) is 0.474. The number of fused-ring (bicyclic) bond motifs is 1. The summed E-state index contributed by atoms with van der Waals surface area (Å²) >= 11 is 5.48. The molecule has 2 heterocycles. The van der Waals surface area contributed by atoms with Crippen LogP contribution in [0.3, 0.4) is 0 Å². The van der Waals surface area contributed by atoms with Crippen LogP contribution in [0.1, 0.15) is 5.56 Å². The van der Waals surface area contributed by atoms with Crippen LogP contribution in [0.25, 0.3) is 11.0 Å². The van der Waals surface area contributed by atoms with Crippen LogP contribution < -0.4 is 10.9 Å². The first kappa shape index (κ1) is 21.4. The number of nitrogens with one attached hydrogen (secondary N) is 1. The molecule has 1 N–H and O–H groups in total. The van der Waals surface area contributed by atoms with E-state index in [1.807, 2.05) is 24.0 Å². The first-order valence-corrected chi connectivity index (χ1v) is 11.4. The van der Waals surface area contributed by atoms with Crippen molar-refractivity contribution >= 4 is 44.0 Å². The number of nitrogens with zero attached hydrogens (tertiary/aromatic N) is 2. The van der Waals surface area contributed by atoms with Crippen LogP contribution in [-0.2, 0) is 10.0 Å². The van der Waals surface area contributed by atoms with Gasteiger partial charge in [0.1, 0.15) is 11.4 Å². The molecule has 0 amide bonds. The zero-order valence-corrected chi connectivity index (χ0v) is 18.3. The van der Waals surface area contributed by atoms with Crippen LogP contribution in [-0.4, -0.2) is 48.9 Å². The molecule has 2 aromatic carbocycles. The maximum atomic E-state index is 13.1. The number of anilines is 1. The van der Waals surface area contributed by atoms with E-state index >= 15 is 0 Å². The molecular weight excluding hydrogens is 441 g/mol. The van der Waals surface area contributed by atoms with E-state index < -0.39 is 21.5 Å². The fraction of sp³-hybridized carbons (Fsp3) is 0.238. The van der Waals surface area contributed by atoms with Gasteiger partial charge < -0.3 is 14.6 Å². The molecule has 31 heavy (non-hydrogen) atoms. The topological polar surface area (TPSA) is 82.9 Å². The van der Waals surface area contributed by atoms with Gasteiger partial charge in [-0.15, -0.1) is 0 Å². The van der Waals surface area contributed by atoms with Gasteiger partial charge in [-0.05, 0) is 61.1 Å². The number of halogens is 1. The summed E-state index contributed by atoms with van der Waals surface area (Å²) in [5, 5.41) is 4.42. The molecule has 7 nitrogen and oxygen atoms in total. The van der Waals surface area contributed by atoms with Gasteiger partial charge in [-0.25, -0.2) is 17.6 Å². The average molecular weight is 462 g/mol. The monoisotopic (exact) mass is 461 g/mol. The summed E-state index contributed by atoms with van der Waals surface area (Å²) < 4.78 is 45.2. The third-order valence-corrected chi connectivity index (χ3v) is 7.45. The second kappa shape index (κ2) is 8.37. The lowest BCUT2D eigenvalue weighted by Crippen LogP contribution is -2.51. The van der Waals surface area contributed by atoms with E-state index in [0.717, 1.165) is 23.1 Å². The highest BCUT2D eigenvalue weighted by Gasteiger charge is 2.29. The van der Waals surface area contributed by atoms with E-state index in [9.17, 15) is 17.6 Å². The molecule has 1 aliphatic heterocycles. The molecule has 1 aromatic heterocycles. The molecule has 0 unspecified atom stereocenters. The van der Waals surface area contributed by atoms with Crippen molar-refractivity contribution in [3.63, 3.8) is 0 Å². The number of rotatable bonds is 3. The zero-order valence-electron chi connectivity index (χ0n) is 16.7. The Hall–Kier alpha value is -2.82. The lowest BCUT2D eigenvalue weighted by atomic mass is 10.1. The lowest BCUT2D eigenvalue weighted by Gasteiger charge is -2.35. The second-order valence-corrected chi connectivity index (χ2v) is 9.56. The van der Waals surface area contributed by atoms with Crippen molar-refractivity contribution in [3.05, 3.63) is 70.3 Å². The van der Waals surface area contributed by atoms with E-state index in [-0.39, 0.29) is 18.0 Å². The molecular formula is C21H20FN3O4S2. The van der Waals surface area contributed by atoms with Crippen molar-refractivity contribution in [1.29, 1.82) is 0 Å². The number of aryl methyl sites for hydroxylation is 1. The van der Waals surface area contributed by atoms with Crippen LogP contribution in [0.5, 0.6) is 0 Å². The molecule has 162 valence electrons. The average Bonchev–Trinajstić information content (AvgIpc) is 2.73. The van der Waals surface area contributed by atoms with Crippen LogP contribution >= 0.6 is 12.2 Å². The molecule has 0 radical (unpaired) electrons. The molecule has 1 aliphatic rings. The molecule has 1 fully saturated rings. The van der Waals surface area contributed by atoms with Crippen LogP contribution in [0.2, 0.25) is 0 Å². The molecule has 0 bridgehead atoms. The fourth-order valence-corrected chi connectivity index (χ4v) is 5.21. The third-order valence-electron chi connectivity index (χ3n) is 5.18. The smallest absolute Gasteiger partial charge is 0.336 e. The van der Waals surface area contributed by atoms with Gasteiger partial charge in [-0.1, -0.05) is 0 Å². The number of sulfonamides is 1. The Morgan fingerprint density at radius 3 is 2.42 bits per heavy atom. The minimum Gasteiger partial charge on any atom is -0.423 e. The Kier molecular flexibility index (Phi) is 5.78. The Morgan fingerprint density at radius 1 is 1.06 bits per heavy atom. The molecule has 3 aromatic rings. The van der Waals surface area contributed by atoms with E-state index in [1.165, 1.54) is 22.5 Å². The van der Waals surface area contributed by atoms with Crippen molar-refractivity contribution in [2.75, 3.05) is 31.5 Å². The van der Waals surface area contributed by atoms with Crippen LogP contribution in [0.15, 0.2) is 62.6 Å². The summed E-state index contributed by atoms with van der Waals surface area (Å²) in [6.07, 6.45) is 0. The maximum absolute atomic E-state index is 13.1. The summed E-state index contributed by atoms with van der Waals surface area (Å²) in [4.78, 5) is 13.6. The Labute approximate surface area is 184 Å². The van der Waals surface area contributed by atoms with E-state index in [2.05, 4.69) is 5.32 Å². The Bertz CT molecular complexity index is 1300. The summed E-state index contributed by atoms with van der Waals surface area (Å²) in [6.45, 7) is 3.18. The first-order valence-electron chi connectivity index (χ1n) is 9.60. The van der Waals surface area contributed by atoms with Gasteiger partial charge in [0.15, 0.2) is 5.11 Å². The molecule has 0 saturated carbocycles. The zero-order chi connectivity index (χ0) is 22.2. The highest BCUT2D eigenvalue weighted by molar-refractivity contribution is 7.89. The second-order valence-electron chi connectivity index (χ2n) is 7.23. The van der Waals surface area contributed by atoms with E-state index in [4.69, 9.17) is 16.6 Å². The van der Waals surface area contributed by atoms with E-state index in [1.54, 1.807) is 6.07 Å². The predicted octanol–water partition coefficient (Wildman–Crippen LogP) is 2.94. The summed E-state index contributed by atoms with van der Waals surface area (Å²) in [7, 11) is -3.68. The number of piperazine rings is 1. The van der Waals surface area contributed by atoms with Gasteiger partial charge in [-0.2, -0.15) is 4.31 Å². The van der Waals surface area contributed by atoms with Crippen molar-refractivity contribution in [2.45, 2.75) is 11.8 Å². The van der Waals surface area contributed by atoms with Gasteiger partial charge >= 0.3 is 5.63 Å². The number of thiocarbonyl (C=S) groups is 1. The van der Waals surface area contributed by atoms with Crippen molar-refractivity contribution in [2.24, 2.45) is 0 Å². The standard InChI is InChI=1S/C21H20FN3O4S2/c1-14-12-20(26)29-19-13-16(4-7-18(14)19)23-21(30)24-8-10-25(11-9-24)31(27,28)17-5-2-15(22)3-6-17/h2-7,12-13H,8-11H2,1H3,(H,23,30). The summed E-state index contributed by atoms with van der Waals surface area (Å²) in [5.41, 5.74) is 1.56. The van der Waals surface area contributed by atoms with Gasteiger partial charge in [0.2, 0.25) is 10.0 Å². The Morgan fingerprint density at radius 2 is 1.74 bits per heavy atom. The molecule has 4 rings (SSSR count). The number of benzene rings is 2. The van der Waals surface area contributed by atoms with Gasteiger partial charge in [0.05, 0.1) is 4.90 Å². The van der Waals surface area contributed by atoms with Crippen molar-refractivity contribution < 1.29 is 17.2 Å². The van der Waals surface area contributed by atoms with Crippen molar-refractivity contribution in [3.8, 4) is 0 Å².